The Bertz CT molecular complexity index is 661. The maximum atomic E-state index is 12.4. The van der Waals surface area contributed by atoms with Crippen molar-refractivity contribution in [2.75, 3.05) is 19.3 Å². The molecule has 0 atom stereocenters. The van der Waals surface area contributed by atoms with Crippen molar-refractivity contribution >= 4 is 15.9 Å². The van der Waals surface area contributed by atoms with Crippen molar-refractivity contribution in [3.8, 4) is 0 Å². The summed E-state index contributed by atoms with van der Waals surface area (Å²) in [6.07, 6.45) is 7.12. The number of nitrogens with one attached hydrogen (secondary N) is 1. The molecular formula is C13H20N4O3S. The van der Waals surface area contributed by atoms with E-state index in [4.69, 9.17) is 0 Å². The van der Waals surface area contributed by atoms with Crippen LogP contribution in [-0.4, -0.2) is 54.2 Å². The fraction of sp³-hybridized carbons (Fsp3) is 0.692. The van der Waals surface area contributed by atoms with Gasteiger partial charge in [-0.1, -0.05) is 0 Å². The van der Waals surface area contributed by atoms with Gasteiger partial charge in [0.1, 0.15) is 0 Å². The highest BCUT2D eigenvalue weighted by Crippen LogP contribution is 2.48. The molecule has 0 bridgehead atoms. The van der Waals surface area contributed by atoms with Gasteiger partial charge >= 0.3 is 0 Å². The molecule has 8 heteroatoms. The van der Waals surface area contributed by atoms with Crippen LogP contribution in [0.15, 0.2) is 12.4 Å². The molecule has 1 aromatic heterocycles. The number of likely N-dealkylation sites (tertiary alicyclic amines) is 1. The Kier molecular flexibility index (Phi) is 3.32. The summed E-state index contributed by atoms with van der Waals surface area (Å²) in [7, 11) is -1.34. The first-order chi connectivity index (χ1) is 9.78. The van der Waals surface area contributed by atoms with Crippen LogP contribution in [0.3, 0.4) is 0 Å². The monoisotopic (exact) mass is 312 g/mol. The SMILES string of the molecule is Cn1ccnc1C(=O)N1CCC2(CC(NS(C)(=O)=O)C2)C1. The highest BCUT2D eigenvalue weighted by Gasteiger charge is 2.50. The molecule has 1 aliphatic heterocycles. The lowest BCUT2D eigenvalue weighted by molar-refractivity contribution is 0.0674. The van der Waals surface area contributed by atoms with Crippen LogP contribution in [0.2, 0.25) is 0 Å². The number of aromatic nitrogens is 2. The molecular weight excluding hydrogens is 292 g/mol. The molecule has 1 aliphatic carbocycles. The van der Waals surface area contributed by atoms with E-state index in [1.165, 1.54) is 6.26 Å². The molecule has 0 aromatic carbocycles. The molecule has 116 valence electrons. The van der Waals surface area contributed by atoms with Gasteiger partial charge < -0.3 is 9.47 Å². The van der Waals surface area contributed by atoms with Gasteiger partial charge in [-0.15, -0.1) is 0 Å². The molecule has 2 aliphatic rings. The van der Waals surface area contributed by atoms with Gasteiger partial charge in [-0.3, -0.25) is 4.79 Å². The Hall–Kier alpha value is -1.41. The van der Waals surface area contributed by atoms with Gasteiger partial charge in [-0.2, -0.15) is 0 Å². The topological polar surface area (TPSA) is 84.3 Å². The molecule has 0 unspecified atom stereocenters. The molecule has 2 fully saturated rings. The Balaban J connectivity index is 1.60. The van der Waals surface area contributed by atoms with Crippen molar-refractivity contribution in [2.45, 2.75) is 25.3 Å². The number of amides is 1. The number of nitrogens with zero attached hydrogens (tertiary/aromatic N) is 3. The molecule has 1 spiro atoms. The third kappa shape index (κ3) is 2.82. The number of imidazole rings is 1. The Morgan fingerprint density at radius 1 is 1.48 bits per heavy atom. The average molecular weight is 312 g/mol. The maximum absolute atomic E-state index is 12.4. The molecule has 2 heterocycles. The lowest BCUT2D eigenvalue weighted by Crippen LogP contribution is -2.51. The summed E-state index contributed by atoms with van der Waals surface area (Å²) in [6, 6.07) is 0.0169. The molecule has 0 radical (unpaired) electrons. The quantitative estimate of drug-likeness (QED) is 0.849. The summed E-state index contributed by atoms with van der Waals surface area (Å²) >= 11 is 0. The molecule has 7 nitrogen and oxygen atoms in total. The van der Waals surface area contributed by atoms with E-state index in [1.54, 1.807) is 17.0 Å². The predicted octanol–water partition coefficient (Wildman–Crippen LogP) is -0.0360. The van der Waals surface area contributed by atoms with Gasteiger partial charge in [0.25, 0.3) is 5.91 Å². The van der Waals surface area contributed by atoms with Crippen LogP contribution in [0.1, 0.15) is 29.9 Å². The van der Waals surface area contributed by atoms with Crippen molar-refractivity contribution < 1.29 is 13.2 Å². The third-order valence-corrected chi connectivity index (χ3v) is 5.24. The zero-order valence-electron chi connectivity index (χ0n) is 12.2. The number of hydrogen-bond donors (Lipinski definition) is 1. The molecule has 21 heavy (non-hydrogen) atoms. The van der Waals surface area contributed by atoms with E-state index in [1.807, 2.05) is 11.9 Å². The highest BCUT2D eigenvalue weighted by molar-refractivity contribution is 7.88. The molecule has 1 N–H and O–H groups in total. The zero-order chi connectivity index (χ0) is 15.3. The van der Waals surface area contributed by atoms with Gasteiger partial charge in [0.15, 0.2) is 5.82 Å². The second-order valence-electron chi connectivity index (χ2n) is 6.33. The number of sulfonamides is 1. The van der Waals surface area contributed by atoms with Crippen LogP contribution in [0, 0.1) is 5.41 Å². The number of hydrogen-bond acceptors (Lipinski definition) is 4. The Labute approximate surface area is 124 Å². The minimum Gasteiger partial charge on any atom is -0.335 e. The second kappa shape index (κ2) is 4.81. The van der Waals surface area contributed by atoms with Crippen molar-refractivity contribution in [3.05, 3.63) is 18.2 Å². The summed E-state index contributed by atoms with van der Waals surface area (Å²) in [5.41, 5.74) is 0.0865. The van der Waals surface area contributed by atoms with Gasteiger partial charge in [0, 0.05) is 38.6 Å². The lowest BCUT2D eigenvalue weighted by atomic mass is 9.65. The predicted molar refractivity (Wildman–Crippen MR) is 77.2 cm³/mol. The van der Waals surface area contributed by atoms with E-state index in [9.17, 15) is 13.2 Å². The number of rotatable bonds is 3. The van der Waals surface area contributed by atoms with Crippen molar-refractivity contribution in [1.82, 2.24) is 19.2 Å². The van der Waals surface area contributed by atoms with E-state index in [-0.39, 0.29) is 17.4 Å². The molecule has 1 saturated heterocycles. The third-order valence-electron chi connectivity index (χ3n) is 4.48. The number of carbonyl (C=O) groups excluding carboxylic acids is 1. The minimum absolute atomic E-state index is 0.0169. The van der Waals surface area contributed by atoms with Crippen LogP contribution >= 0.6 is 0 Å². The van der Waals surface area contributed by atoms with Crippen LogP contribution in [-0.2, 0) is 17.1 Å². The van der Waals surface area contributed by atoms with Crippen LogP contribution in [0.4, 0.5) is 0 Å². The van der Waals surface area contributed by atoms with Crippen LogP contribution in [0.5, 0.6) is 0 Å². The lowest BCUT2D eigenvalue weighted by Gasteiger charge is -2.45. The summed E-state index contributed by atoms with van der Waals surface area (Å²) in [6.45, 7) is 1.41. The van der Waals surface area contributed by atoms with Crippen LogP contribution < -0.4 is 4.72 Å². The first-order valence-corrected chi connectivity index (χ1v) is 8.91. The van der Waals surface area contributed by atoms with Crippen molar-refractivity contribution in [2.24, 2.45) is 12.5 Å². The minimum atomic E-state index is -3.15. The Morgan fingerprint density at radius 3 is 2.76 bits per heavy atom. The van der Waals surface area contributed by atoms with Crippen LogP contribution in [0.25, 0.3) is 0 Å². The van der Waals surface area contributed by atoms with Gasteiger partial charge in [0.2, 0.25) is 10.0 Å². The normalized spacial score (nSPS) is 28.9. The van der Waals surface area contributed by atoms with E-state index >= 15 is 0 Å². The number of aryl methyl sites for hydroxylation is 1. The first kappa shape index (κ1) is 14.5. The largest absolute Gasteiger partial charge is 0.335 e. The summed E-state index contributed by atoms with van der Waals surface area (Å²) in [5.74, 6) is 0.413. The molecule has 1 amide bonds. The summed E-state index contributed by atoms with van der Waals surface area (Å²) in [5, 5.41) is 0. The fourth-order valence-corrected chi connectivity index (χ4v) is 4.30. The number of carbonyl (C=O) groups is 1. The Morgan fingerprint density at radius 2 is 2.19 bits per heavy atom. The van der Waals surface area contributed by atoms with Crippen molar-refractivity contribution in [1.29, 1.82) is 0 Å². The summed E-state index contributed by atoms with van der Waals surface area (Å²) in [4.78, 5) is 18.3. The first-order valence-electron chi connectivity index (χ1n) is 7.02. The second-order valence-corrected chi connectivity index (χ2v) is 8.11. The maximum Gasteiger partial charge on any atom is 0.289 e. The van der Waals surface area contributed by atoms with E-state index in [2.05, 4.69) is 9.71 Å². The smallest absolute Gasteiger partial charge is 0.289 e. The van der Waals surface area contributed by atoms with E-state index in [0.29, 0.717) is 12.4 Å². The highest BCUT2D eigenvalue weighted by atomic mass is 32.2. The summed E-state index contributed by atoms with van der Waals surface area (Å²) < 4.78 is 26.8. The van der Waals surface area contributed by atoms with Crippen molar-refractivity contribution in [3.63, 3.8) is 0 Å². The fourth-order valence-electron chi connectivity index (χ4n) is 3.53. The van der Waals surface area contributed by atoms with E-state index < -0.39 is 10.0 Å². The zero-order valence-corrected chi connectivity index (χ0v) is 13.1. The van der Waals surface area contributed by atoms with Gasteiger partial charge in [-0.25, -0.2) is 18.1 Å². The molecule has 1 aromatic rings. The van der Waals surface area contributed by atoms with Gasteiger partial charge in [0.05, 0.1) is 6.26 Å². The molecule has 3 rings (SSSR count). The average Bonchev–Trinajstić information content (AvgIpc) is 2.92. The standard InChI is InChI=1S/C13H20N4O3S/c1-16-6-4-14-11(16)12(18)17-5-3-13(9-17)7-10(8-13)15-21(2,19)20/h4,6,10,15H,3,5,7-9H2,1-2H3. The molecule has 1 saturated carbocycles. The van der Waals surface area contributed by atoms with E-state index in [0.717, 1.165) is 25.8 Å². The van der Waals surface area contributed by atoms with Gasteiger partial charge in [-0.05, 0) is 24.7 Å².